The van der Waals surface area contributed by atoms with E-state index >= 15 is 0 Å². The average Bonchev–Trinajstić information content (AvgIpc) is 3.32. The first-order valence-corrected chi connectivity index (χ1v) is 13.2. The van der Waals surface area contributed by atoms with E-state index in [9.17, 15) is 8.42 Å². The van der Waals surface area contributed by atoms with E-state index in [1.54, 1.807) is 36.4 Å². The molecule has 0 bridgehead atoms. The highest BCUT2D eigenvalue weighted by atomic mass is 35.5. The molecule has 1 aromatic heterocycles. The topological polar surface area (TPSA) is 59.5 Å². The molecule has 0 saturated carbocycles. The van der Waals surface area contributed by atoms with Crippen molar-refractivity contribution in [2.24, 2.45) is 0 Å². The monoisotopic (exact) mass is 498 g/mol. The second-order valence-electron chi connectivity index (χ2n) is 7.23. The van der Waals surface area contributed by atoms with Crippen LogP contribution in [0.2, 0.25) is 5.02 Å². The van der Waals surface area contributed by atoms with Gasteiger partial charge >= 0.3 is 0 Å². The number of halogens is 1. The number of nitrogens with zero attached hydrogens (tertiary/aromatic N) is 2. The Morgan fingerprint density at radius 1 is 0.848 bits per heavy atom. The minimum absolute atomic E-state index is 0.293. The summed E-state index contributed by atoms with van der Waals surface area (Å²) in [5.41, 5.74) is 2.66. The second kappa shape index (κ2) is 10.1. The van der Waals surface area contributed by atoms with Gasteiger partial charge in [-0.3, -0.25) is 0 Å². The lowest BCUT2D eigenvalue weighted by Gasteiger charge is -2.18. The molecule has 1 heterocycles. The third-order valence-corrected chi connectivity index (χ3v) is 8.36. The fourth-order valence-electron chi connectivity index (χ4n) is 3.35. The lowest BCUT2D eigenvalue weighted by molar-refractivity contribution is 0.445. The fraction of sp³-hybridized carbons (Fsp3) is 0.160. The highest BCUT2D eigenvalue weighted by Crippen LogP contribution is 2.31. The highest BCUT2D eigenvalue weighted by Gasteiger charge is 2.21. The maximum Gasteiger partial charge on any atom is 0.243 e. The molecule has 0 radical (unpaired) electrons. The van der Waals surface area contributed by atoms with Gasteiger partial charge in [-0.2, -0.15) is 4.31 Å². The van der Waals surface area contributed by atoms with Crippen molar-refractivity contribution in [1.82, 2.24) is 9.29 Å². The van der Waals surface area contributed by atoms with Crippen molar-refractivity contribution in [3.63, 3.8) is 0 Å². The van der Waals surface area contributed by atoms with Crippen molar-refractivity contribution in [3.8, 4) is 33.3 Å². The molecule has 4 rings (SSSR count). The van der Waals surface area contributed by atoms with Crippen molar-refractivity contribution < 1.29 is 13.2 Å². The van der Waals surface area contributed by atoms with Crippen molar-refractivity contribution >= 4 is 33.0 Å². The molecule has 0 aliphatic carbocycles. The zero-order valence-electron chi connectivity index (χ0n) is 18.2. The molecule has 33 heavy (non-hydrogen) atoms. The largest absolute Gasteiger partial charge is 0.457 e. The molecule has 3 aromatic carbocycles. The number of ether oxygens (including phenoxy) is 1. The van der Waals surface area contributed by atoms with E-state index in [4.69, 9.17) is 21.3 Å². The third kappa shape index (κ3) is 5.28. The lowest BCUT2D eigenvalue weighted by atomic mass is 10.2. The lowest BCUT2D eigenvalue weighted by Crippen LogP contribution is -2.30. The summed E-state index contributed by atoms with van der Waals surface area (Å²) in [7, 11) is -3.47. The zero-order chi connectivity index (χ0) is 23.4. The molecule has 0 unspecified atom stereocenters. The van der Waals surface area contributed by atoms with Crippen LogP contribution in [0.15, 0.2) is 83.1 Å². The number of thiazole rings is 1. The SMILES string of the molecule is CCN(CC)S(=O)(=O)c1ccc(-c2csc(-c3ccc(Oc4ccc(Cl)cc4)cc3)n2)cc1. The first-order valence-electron chi connectivity index (χ1n) is 10.5. The van der Waals surface area contributed by atoms with Gasteiger partial charge in [-0.15, -0.1) is 11.3 Å². The van der Waals surface area contributed by atoms with Crippen LogP contribution in [0, 0.1) is 0 Å². The molecule has 0 fully saturated rings. The van der Waals surface area contributed by atoms with Gasteiger partial charge < -0.3 is 4.74 Å². The van der Waals surface area contributed by atoms with Crippen molar-refractivity contribution in [1.29, 1.82) is 0 Å². The Morgan fingerprint density at radius 2 is 1.39 bits per heavy atom. The molecule has 0 spiro atoms. The summed E-state index contributed by atoms with van der Waals surface area (Å²) in [5.74, 6) is 1.44. The highest BCUT2D eigenvalue weighted by molar-refractivity contribution is 7.89. The molecule has 0 saturated heterocycles. The van der Waals surface area contributed by atoms with Gasteiger partial charge in [0.2, 0.25) is 10.0 Å². The summed E-state index contributed by atoms with van der Waals surface area (Å²) < 4.78 is 32.7. The quantitative estimate of drug-likeness (QED) is 0.263. The predicted molar refractivity (Wildman–Crippen MR) is 135 cm³/mol. The number of benzene rings is 3. The first-order chi connectivity index (χ1) is 15.9. The van der Waals surface area contributed by atoms with Gasteiger partial charge in [0.1, 0.15) is 16.5 Å². The summed E-state index contributed by atoms with van der Waals surface area (Å²) in [6.07, 6.45) is 0. The molecular formula is C25H23ClN2O3S2. The van der Waals surface area contributed by atoms with Crippen LogP contribution in [0.3, 0.4) is 0 Å². The van der Waals surface area contributed by atoms with Gasteiger partial charge in [0.05, 0.1) is 10.6 Å². The molecule has 0 aliphatic heterocycles. The Morgan fingerprint density at radius 3 is 1.97 bits per heavy atom. The summed E-state index contributed by atoms with van der Waals surface area (Å²) in [4.78, 5) is 5.03. The Bertz CT molecular complexity index is 1310. The van der Waals surface area contributed by atoms with Crippen LogP contribution in [0.4, 0.5) is 0 Å². The number of aromatic nitrogens is 1. The summed E-state index contributed by atoms with van der Waals surface area (Å²) in [6, 6.07) is 21.8. The average molecular weight is 499 g/mol. The van der Waals surface area contributed by atoms with E-state index in [-0.39, 0.29) is 0 Å². The summed E-state index contributed by atoms with van der Waals surface area (Å²) in [5, 5.41) is 3.52. The number of hydrogen-bond donors (Lipinski definition) is 0. The van der Waals surface area contributed by atoms with E-state index in [0.717, 1.165) is 33.3 Å². The molecule has 0 amide bonds. The molecule has 170 valence electrons. The van der Waals surface area contributed by atoms with Crippen molar-refractivity contribution in [2.75, 3.05) is 13.1 Å². The molecule has 0 aliphatic rings. The van der Waals surface area contributed by atoms with Crippen LogP contribution >= 0.6 is 22.9 Å². The van der Waals surface area contributed by atoms with E-state index < -0.39 is 10.0 Å². The van der Waals surface area contributed by atoms with E-state index in [2.05, 4.69) is 0 Å². The van der Waals surface area contributed by atoms with Gasteiger partial charge in [0.25, 0.3) is 0 Å². The smallest absolute Gasteiger partial charge is 0.243 e. The van der Waals surface area contributed by atoms with Crippen LogP contribution in [-0.2, 0) is 10.0 Å². The van der Waals surface area contributed by atoms with Crippen LogP contribution in [-0.4, -0.2) is 30.8 Å². The van der Waals surface area contributed by atoms with Gasteiger partial charge in [-0.25, -0.2) is 13.4 Å². The van der Waals surface area contributed by atoms with Crippen LogP contribution < -0.4 is 4.74 Å². The summed E-state index contributed by atoms with van der Waals surface area (Å²) in [6.45, 7) is 4.56. The Labute approximate surface area is 203 Å². The van der Waals surface area contributed by atoms with Crippen molar-refractivity contribution in [3.05, 3.63) is 83.2 Å². The predicted octanol–water partition coefficient (Wildman–Crippen LogP) is 6.95. The van der Waals surface area contributed by atoms with Crippen LogP contribution in [0.25, 0.3) is 21.8 Å². The normalized spacial score (nSPS) is 11.6. The third-order valence-electron chi connectivity index (χ3n) is 5.15. The van der Waals surface area contributed by atoms with Gasteiger partial charge in [0.15, 0.2) is 0 Å². The van der Waals surface area contributed by atoms with Gasteiger partial charge in [0, 0.05) is 34.6 Å². The van der Waals surface area contributed by atoms with Crippen LogP contribution in [0.5, 0.6) is 11.5 Å². The number of rotatable bonds is 8. The van der Waals surface area contributed by atoms with Gasteiger partial charge in [-0.05, 0) is 60.7 Å². The molecule has 8 heteroatoms. The minimum atomic E-state index is -3.47. The first kappa shape index (κ1) is 23.4. The minimum Gasteiger partial charge on any atom is -0.457 e. The maximum absolute atomic E-state index is 12.7. The maximum atomic E-state index is 12.7. The fourth-order valence-corrected chi connectivity index (χ4v) is 5.77. The van der Waals surface area contributed by atoms with E-state index in [1.807, 2.05) is 55.6 Å². The van der Waals surface area contributed by atoms with Crippen molar-refractivity contribution in [2.45, 2.75) is 18.7 Å². The molecule has 0 N–H and O–H groups in total. The van der Waals surface area contributed by atoms with Gasteiger partial charge in [-0.1, -0.05) is 37.6 Å². The number of hydrogen-bond acceptors (Lipinski definition) is 5. The zero-order valence-corrected chi connectivity index (χ0v) is 20.6. The molecule has 0 atom stereocenters. The Balaban J connectivity index is 1.49. The molecule has 5 nitrogen and oxygen atoms in total. The van der Waals surface area contributed by atoms with Crippen LogP contribution in [0.1, 0.15) is 13.8 Å². The van der Waals surface area contributed by atoms with E-state index in [0.29, 0.717) is 23.0 Å². The van der Waals surface area contributed by atoms with E-state index in [1.165, 1.54) is 15.6 Å². The Kier molecular flexibility index (Phi) is 7.14. The number of sulfonamides is 1. The second-order valence-corrected chi connectivity index (χ2v) is 10.5. The molecular weight excluding hydrogens is 476 g/mol. The molecule has 4 aromatic rings. The Hall–Kier alpha value is -2.71. The summed E-state index contributed by atoms with van der Waals surface area (Å²) >= 11 is 7.45. The standard InChI is InChI=1S/C25H23ClN2O3S2/c1-3-28(4-2)33(29,30)23-15-7-18(8-16-23)24-17-32-25(27-24)19-5-11-21(12-6-19)31-22-13-9-20(26)10-14-22/h5-17H,3-4H2,1-2H3.